The van der Waals surface area contributed by atoms with Crippen molar-refractivity contribution < 1.29 is 86.6 Å². The Balaban J connectivity index is -0.000000764. The third-order valence-corrected chi connectivity index (χ3v) is 31.3. The minimum Gasteiger partial charge on any atom is -0.358 e. The van der Waals surface area contributed by atoms with Crippen LogP contribution in [0.25, 0.3) is 0 Å². The van der Waals surface area contributed by atoms with Crippen LogP contribution in [0.1, 0.15) is 383 Å². The fraction of sp³-hybridized carbons (Fsp3) is 0.645. The summed E-state index contributed by atoms with van der Waals surface area (Å²) in [6.07, 6.45) is 76.1. The topological polar surface area (TPSA) is 25.0 Å². The van der Waals surface area contributed by atoms with Crippen LogP contribution >= 0.6 is 0 Å². The molecule has 8 fully saturated rings. The summed E-state index contributed by atoms with van der Waals surface area (Å²) in [6.45, 7) is 42.0. The van der Waals surface area contributed by atoms with Crippen LogP contribution in [0.4, 0.5) is 22.7 Å². The van der Waals surface area contributed by atoms with E-state index < -0.39 is 0 Å². The van der Waals surface area contributed by atoms with Crippen LogP contribution < -0.4 is 19.6 Å². The first-order valence-electron chi connectivity index (χ1n) is 52.0. The number of para-hydroxylation sites is 4. The van der Waals surface area contributed by atoms with E-state index in [0.29, 0.717) is 0 Å². The molecule has 0 aromatic heterocycles. The molecule has 4 heterocycles. The molecule has 0 bridgehead atoms. The predicted molar refractivity (Wildman–Crippen MR) is 597 cm³/mol. The second-order valence-electron chi connectivity index (χ2n) is 43.6. The van der Waals surface area contributed by atoms with E-state index >= 15 is 0 Å². The van der Waals surface area contributed by atoms with Crippen LogP contribution in [-0.4, -0.2) is 125 Å². The molecule has 0 radical (unpaired) electrons. The Morgan fingerprint density at radius 3 is 0.824 bits per heavy atom. The van der Waals surface area contributed by atoms with E-state index in [2.05, 4.69) is 330 Å². The normalized spacial score (nSPS) is 21.5. The molecule has 8 saturated carbocycles. The van der Waals surface area contributed by atoms with Gasteiger partial charge in [-0.2, -0.15) is 0 Å². The molecule has 136 heavy (non-hydrogen) atoms. The minimum atomic E-state index is 0. The first-order valence-corrected chi connectivity index (χ1v) is 52.0. The van der Waals surface area contributed by atoms with Crippen molar-refractivity contribution in [3.05, 3.63) is 226 Å². The molecule has 4 atom stereocenters. The standard InChI is InChI=1S/C24H37N2.2C23H35N2.C22H33N2.C8H16.C6H12.2C5H10.8CH3.4Fe/c1-5-25(6-2)19-17-23-24(3,4)21-15-9-10-16-22(21)26(23)18-11-14-20-12-7-8-13-20;1-18-10-8-11-19(18)12-9-16-25-21-14-7-6-13-20(21)23(2,3)22(25)15-17-24(4)5;1-18-12-13-19(17-18)9-8-15-25-21-11-7-6-10-20(21)23(2,3)22(25)14-16-24(4)5;1-22(2)19-13-7-8-14-20(19)24(21(22)15-17-23(3)4)16-9-12-18-10-5-6-11-18;1-7(2)8-5-3-4-6-8;1-6-4-2-3-5-6;2*1-2-4-5-3-1;;;;;;;;;;;;/h9-10,15-17,19-20H,5-8,11-14,18H2,1-4H3;6-7,13-15,17-19H,8-12,16H2,1-5H3;6-7,10-11,14,16,18-19H,8-9,12-13,15,17H2,1-5H3;7-8,13-15,17-18H,5-6,9-12,16H2,1-4H3;7-8H,3-6H2,1-2H3;6H,2-5H2,1H3;2*1-5H2;8*1H3;;;;/q4*+1;;;;;8*-1;4*+2. The monoisotopic (exact) mass is 2040 g/mol. The molecular formula is C124H212Fe4N8+4. The molecule has 4 aliphatic heterocycles. The molecule has 4 aromatic carbocycles. The molecule has 8 nitrogen and oxygen atoms in total. The Bertz CT molecular complexity index is 4040. The summed E-state index contributed by atoms with van der Waals surface area (Å²) in [5.74, 6) is 8.80. The Morgan fingerprint density at radius 2 is 0.581 bits per heavy atom. The van der Waals surface area contributed by atoms with Gasteiger partial charge in [0, 0.05) is 118 Å². The fourth-order valence-electron chi connectivity index (χ4n) is 23.3. The van der Waals surface area contributed by atoms with E-state index in [1.807, 2.05) is 0 Å². The Hall–Kier alpha value is -4.20. The molecule has 4 unspecified atom stereocenters. The Morgan fingerprint density at radius 1 is 0.309 bits per heavy atom. The van der Waals surface area contributed by atoms with Crippen molar-refractivity contribution in [1.29, 1.82) is 0 Å². The number of hydrogen-bond acceptors (Lipinski definition) is 4. The van der Waals surface area contributed by atoms with Crippen molar-refractivity contribution in [1.82, 2.24) is 0 Å². The molecule has 0 amide bonds. The van der Waals surface area contributed by atoms with E-state index in [1.165, 1.54) is 325 Å². The van der Waals surface area contributed by atoms with E-state index in [4.69, 9.17) is 0 Å². The molecule has 12 aliphatic rings. The van der Waals surface area contributed by atoms with Gasteiger partial charge in [-0.3, -0.25) is 0 Å². The molecule has 0 saturated heterocycles. The minimum absolute atomic E-state index is 0. The largest absolute Gasteiger partial charge is 2.00 e. The maximum atomic E-state index is 2.60. The maximum Gasteiger partial charge on any atom is 2.00 e. The number of allylic oxidation sites excluding steroid dienone is 8. The smallest absolute Gasteiger partial charge is 0.358 e. The number of anilines is 4. The van der Waals surface area contributed by atoms with Gasteiger partial charge in [0.2, 0.25) is 0 Å². The quantitative estimate of drug-likeness (QED) is 0.0320. The number of nitrogens with zero attached hydrogens (tertiary/aromatic N) is 8. The van der Waals surface area contributed by atoms with E-state index in [-0.39, 0.29) is 149 Å². The second kappa shape index (κ2) is 70.5. The van der Waals surface area contributed by atoms with E-state index in [1.54, 1.807) is 0 Å². The number of benzene rings is 4. The van der Waals surface area contributed by atoms with Gasteiger partial charge in [-0.25, -0.2) is 18.3 Å². The van der Waals surface area contributed by atoms with Gasteiger partial charge in [0.05, 0.1) is 0 Å². The van der Waals surface area contributed by atoms with Crippen LogP contribution in [0.5, 0.6) is 0 Å². The zero-order valence-electron chi connectivity index (χ0n) is 93.6. The van der Waals surface area contributed by atoms with Crippen LogP contribution in [0, 0.1) is 113 Å². The summed E-state index contributed by atoms with van der Waals surface area (Å²) < 4.78 is 8.76. The van der Waals surface area contributed by atoms with Gasteiger partial charge in [0.25, 0.3) is 0 Å². The molecular weight excluding hydrogens is 1820 g/mol. The molecule has 776 valence electrons. The third-order valence-electron chi connectivity index (χ3n) is 31.3. The zero-order chi connectivity index (χ0) is 89.2. The second-order valence-corrected chi connectivity index (χ2v) is 43.6. The van der Waals surface area contributed by atoms with Gasteiger partial charge < -0.3 is 79.0 Å². The molecule has 4 aromatic rings. The Labute approximate surface area is 889 Å². The van der Waals surface area contributed by atoms with Gasteiger partial charge in [-0.05, 0) is 171 Å². The predicted octanol–water partition coefficient (Wildman–Crippen LogP) is 33.7. The molecule has 0 spiro atoms. The number of rotatable bonds is 23. The average molecular weight is 2040 g/mol. The first-order chi connectivity index (χ1) is 59.6. The fourth-order valence-corrected chi connectivity index (χ4v) is 23.3. The molecule has 12 heteroatoms. The van der Waals surface area contributed by atoms with E-state index in [9.17, 15) is 0 Å². The van der Waals surface area contributed by atoms with Crippen molar-refractivity contribution in [2.75, 3.05) is 101 Å². The number of hydrogen-bond donors (Lipinski definition) is 0. The molecule has 0 N–H and O–H groups in total. The first kappa shape index (κ1) is 138. The third kappa shape index (κ3) is 41.1. The van der Waals surface area contributed by atoms with Crippen molar-refractivity contribution in [2.24, 2.45) is 53.3 Å². The van der Waals surface area contributed by atoms with E-state index in [0.717, 1.165) is 92.5 Å². The summed E-state index contributed by atoms with van der Waals surface area (Å²) in [6, 6.07) is 35.9. The van der Waals surface area contributed by atoms with Crippen molar-refractivity contribution in [3.63, 3.8) is 0 Å². The Kier molecular flexibility index (Phi) is 71.6. The van der Waals surface area contributed by atoms with Gasteiger partial charge in [0.15, 0.2) is 24.9 Å². The summed E-state index contributed by atoms with van der Waals surface area (Å²) in [7, 11) is 12.6. The van der Waals surface area contributed by atoms with Gasteiger partial charge >= 0.3 is 68.3 Å². The van der Waals surface area contributed by atoms with Gasteiger partial charge in [-0.1, -0.05) is 362 Å². The number of fused-ring (bicyclic) bond motifs is 4. The average Bonchev–Trinajstić information content (AvgIpc) is 1.61. The summed E-state index contributed by atoms with van der Waals surface area (Å²) in [4.78, 5) is 10.3. The molecule has 16 rings (SSSR count). The summed E-state index contributed by atoms with van der Waals surface area (Å²) in [5.41, 5.74) is 17.6. The summed E-state index contributed by atoms with van der Waals surface area (Å²) >= 11 is 0. The SMILES string of the molecule is C1CCCC1.C1CCCC1.CC(C)C1CCCC1.CC1CCC(CCCN2C(=CC=[N+](C)C)C(C)(C)c3ccccc32)C1.CC1CCCC1.CC1CCCC1CCCN1C(=CC=[N+](C)C)C(C)(C)c2ccccc21.CC[N+](=CC=C1N(CCCC2CCCC2)c2ccccc2C1(C)C)CC.C[N+](C)=CC=C1N(CCCC2CCCC2)c2ccccc2C1(C)C.[CH3-].[CH3-].[CH3-].[CH3-].[CH3-].[CH3-].[CH3-].[CH3-].[Fe+2].[Fe+2].[Fe+2].[Fe+2]. The van der Waals surface area contributed by atoms with Crippen molar-refractivity contribution in [2.45, 2.75) is 382 Å². The maximum absolute atomic E-state index is 2.60. The van der Waals surface area contributed by atoms with Crippen LogP contribution in [0.2, 0.25) is 0 Å². The molecule has 8 aliphatic carbocycles. The van der Waals surface area contributed by atoms with Gasteiger partial charge in [0.1, 0.15) is 55.4 Å². The zero-order valence-corrected chi connectivity index (χ0v) is 98.0. The van der Waals surface area contributed by atoms with Crippen LogP contribution in [-0.2, 0) is 89.9 Å². The van der Waals surface area contributed by atoms with Gasteiger partial charge in [-0.15, -0.1) is 0 Å². The van der Waals surface area contributed by atoms with Crippen molar-refractivity contribution in [3.8, 4) is 0 Å². The van der Waals surface area contributed by atoms with Crippen LogP contribution in [0.3, 0.4) is 0 Å². The summed E-state index contributed by atoms with van der Waals surface area (Å²) in [5, 5.41) is 0. The van der Waals surface area contributed by atoms with Crippen LogP contribution in [0.15, 0.2) is 144 Å². The van der Waals surface area contributed by atoms with Crippen molar-refractivity contribution >= 4 is 47.6 Å².